The van der Waals surface area contributed by atoms with Crippen LogP contribution < -0.4 is 5.32 Å². The van der Waals surface area contributed by atoms with Gasteiger partial charge in [0.1, 0.15) is 5.58 Å². The quantitative estimate of drug-likeness (QED) is 0.217. The number of rotatable bonds is 11. The standard InChI is InChI=1S/C30H33N3O4/c1-4-36-30(35)28-16-23-15-24(11-13-27(23)37-28)33-29(34)20(3)9-8-19(2)6-5-7-22-18-32-26-12-10-21(17-31)14-25(22)26/h10-16,18-20,32H,4-9H2,1-3H3,(H,33,34)/t19?,20-/m1/s1. The van der Waals surface area contributed by atoms with E-state index in [1.54, 1.807) is 31.2 Å². The molecule has 1 amide bonds. The zero-order chi connectivity index (χ0) is 26.4. The number of hydrogen-bond acceptors (Lipinski definition) is 5. The Morgan fingerprint density at radius 2 is 1.95 bits per heavy atom. The zero-order valence-electron chi connectivity index (χ0n) is 21.6. The molecule has 0 radical (unpaired) electrons. The van der Waals surface area contributed by atoms with Gasteiger partial charge in [-0.3, -0.25) is 4.79 Å². The van der Waals surface area contributed by atoms with Gasteiger partial charge in [-0.15, -0.1) is 0 Å². The van der Waals surface area contributed by atoms with E-state index in [4.69, 9.17) is 14.4 Å². The predicted molar refractivity (Wildman–Crippen MR) is 144 cm³/mol. The monoisotopic (exact) mass is 499 g/mol. The van der Waals surface area contributed by atoms with Crippen molar-refractivity contribution in [3.05, 3.63) is 65.5 Å². The summed E-state index contributed by atoms with van der Waals surface area (Å²) in [5, 5.41) is 14.0. The number of amides is 1. The first-order valence-corrected chi connectivity index (χ1v) is 12.9. The summed E-state index contributed by atoms with van der Waals surface area (Å²) in [6.07, 6.45) is 6.94. The van der Waals surface area contributed by atoms with Gasteiger partial charge in [0.25, 0.3) is 0 Å². The van der Waals surface area contributed by atoms with Gasteiger partial charge in [0.15, 0.2) is 0 Å². The number of hydrogen-bond donors (Lipinski definition) is 2. The van der Waals surface area contributed by atoms with E-state index in [1.165, 1.54) is 5.56 Å². The number of nitriles is 1. The van der Waals surface area contributed by atoms with E-state index in [1.807, 2.05) is 31.3 Å². The summed E-state index contributed by atoms with van der Waals surface area (Å²) in [7, 11) is 0. The average molecular weight is 500 g/mol. The second kappa shape index (κ2) is 11.8. The molecular formula is C30H33N3O4. The summed E-state index contributed by atoms with van der Waals surface area (Å²) >= 11 is 0. The number of benzene rings is 2. The van der Waals surface area contributed by atoms with E-state index in [9.17, 15) is 9.59 Å². The van der Waals surface area contributed by atoms with Crippen LogP contribution in [-0.4, -0.2) is 23.5 Å². The molecule has 4 aromatic rings. The molecule has 0 saturated carbocycles. The molecule has 0 bridgehead atoms. The van der Waals surface area contributed by atoms with Crippen molar-refractivity contribution in [3.63, 3.8) is 0 Å². The number of furan rings is 1. The largest absolute Gasteiger partial charge is 0.460 e. The lowest BCUT2D eigenvalue weighted by molar-refractivity contribution is -0.119. The van der Waals surface area contributed by atoms with E-state index >= 15 is 0 Å². The smallest absolute Gasteiger partial charge is 0.374 e. The molecule has 4 rings (SSSR count). The molecule has 37 heavy (non-hydrogen) atoms. The number of aromatic nitrogens is 1. The van der Waals surface area contributed by atoms with Crippen LogP contribution in [0.5, 0.6) is 0 Å². The van der Waals surface area contributed by atoms with E-state index in [0.717, 1.165) is 48.4 Å². The first-order valence-electron chi connectivity index (χ1n) is 12.9. The molecule has 7 heteroatoms. The van der Waals surface area contributed by atoms with Gasteiger partial charge < -0.3 is 19.5 Å². The van der Waals surface area contributed by atoms with Crippen LogP contribution in [0.4, 0.5) is 5.69 Å². The zero-order valence-corrected chi connectivity index (χ0v) is 21.6. The Morgan fingerprint density at radius 1 is 1.11 bits per heavy atom. The first kappa shape index (κ1) is 26.0. The molecule has 1 unspecified atom stereocenters. The number of aryl methyl sites for hydroxylation is 1. The third-order valence-corrected chi connectivity index (χ3v) is 6.84. The Kier molecular flexibility index (Phi) is 8.29. The summed E-state index contributed by atoms with van der Waals surface area (Å²) in [5.41, 5.74) is 4.23. The van der Waals surface area contributed by atoms with Crippen LogP contribution in [0.2, 0.25) is 0 Å². The SMILES string of the molecule is CCOC(=O)c1cc2cc(NC(=O)[C@H](C)CCC(C)CCCc3c[nH]c4ccc(C#N)cc34)ccc2o1. The van der Waals surface area contributed by atoms with Gasteiger partial charge in [-0.1, -0.05) is 20.3 Å². The minimum absolute atomic E-state index is 0.0206. The maximum absolute atomic E-state index is 12.8. The minimum Gasteiger partial charge on any atom is -0.460 e. The highest BCUT2D eigenvalue weighted by Gasteiger charge is 2.17. The van der Waals surface area contributed by atoms with Gasteiger partial charge in [-0.25, -0.2) is 4.79 Å². The number of ether oxygens (including phenoxy) is 1. The van der Waals surface area contributed by atoms with Gasteiger partial charge in [-0.05, 0) is 86.6 Å². The Bertz CT molecular complexity index is 1440. The molecule has 192 valence electrons. The maximum Gasteiger partial charge on any atom is 0.374 e. The van der Waals surface area contributed by atoms with Crippen LogP contribution in [-0.2, 0) is 16.0 Å². The Hall–Kier alpha value is -4.05. The summed E-state index contributed by atoms with van der Waals surface area (Å²) in [6.45, 7) is 6.22. The third kappa shape index (κ3) is 6.39. The second-order valence-electron chi connectivity index (χ2n) is 9.73. The number of esters is 1. The normalized spacial score (nSPS) is 12.8. The fourth-order valence-corrected chi connectivity index (χ4v) is 4.60. The van der Waals surface area contributed by atoms with Crippen molar-refractivity contribution in [1.29, 1.82) is 5.26 Å². The van der Waals surface area contributed by atoms with Crippen molar-refractivity contribution in [2.24, 2.45) is 11.8 Å². The molecule has 7 nitrogen and oxygen atoms in total. The average Bonchev–Trinajstić information content (AvgIpc) is 3.51. The molecule has 2 N–H and O–H groups in total. The molecule has 2 heterocycles. The lowest BCUT2D eigenvalue weighted by atomic mass is 9.93. The fraction of sp³-hybridized carbons (Fsp3) is 0.367. The number of nitrogens with one attached hydrogen (secondary N) is 2. The van der Waals surface area contributed by atoms with Crippen LogP contribution in [0, 0.1) is 23.2 Å². The van der Waals surface area contributed by atoms with E-state index in [0.29, 0.717) is 22.8 Å². The van der Waals surface area contributed by atoms with Gasteiger partial charge in [-0.2, -0.15) is 5.26 Å². The molecule has 0 aliphatic heterocycles. The van der Waals surface area contributed by atoms with Gasteiger partial charge in [0.2, 0.25) is 11.7 Å². The number of carbonyl (C=O) groups excluding carboxylic acids is 2. The first-order chi connectivity index (χ1) is 17.9. The van der Waals surface area contributed by atoms with Crippen molar-refractivity contribution in [2.45, 2.75) is 52.9 Å². The van der Waals surface area contributed by atoms with Gasteiger partial charge in [0.05, 0.1) is 18.2 Å². The second-order valence-corrected chi connectivity index (χ2v) is 9.73. The third-order valence-electron chi connectivity index (χ3n) is 6.84. The van der Waals surface area contributed by atoms with Crippen LogP contribution in [0.25, 0.3) is 21.9 Å². The Labute approximate surface area is 216 Å². The van der Waals surface area contributed by atoms with Crippen LogP contribution in [0.15, 0.2) is 53.1 Å². The predicted octanol–water partition coefficient (Wildman–Crippen LogP) is 6.98. The molecule has 0 saturated heterocycles. The van der Waals surface area contributed by atoms with Crippen molar-refractivity contribution in [2.75, 3.05) is 11.9 Å². The summed E-state index contributed by atoms with van der Waals surface area (Å²) in [5.74, 6) is 0.0305. The highest BCUT2D eigenvalue weighted by Crippen LogP contribution is 2.26. The minimum atomic E-state index is -0.499. The molecule has 2 aromatic carbocycles. The number of H-pyrrole nitrogens is 1. The molecule has 0 fully saturated rings. The lowest BCUT2D eigenvalue weighted by Gasteiger charge is -2.16. The molecule has 2 atom stereocenters. The highest BCUT2D eigenvalue weighted by atomic mass is 16.5. The molecule has 0 spiro atoms. The van der Waals surface area contributed by atoms with Crippen molar-refractivity contribution in [1.82, 2.24) is 4.98 Å². The Balaban J connectivity index is 1.23. The Morgan fingerprint density at radius 3 is 2.73 bits per heavy atom. The summed E-state index contributed by atoms with van der Waals surface area (Å²) < 4.78 is 10.5. The number of anilines is 1. The number of fused-ring (bicyclic) bond motifs is 2. The molecular weight excluding hydrogens is 466 g/mol. The highest BCUT2D eigenvalue weighted by molar-refractivity contribution is 5.97. The fourth-order valence-electron chi connectivity index (χ4n) is 4.60. The van der Waals surface area contributed by atoms with Crippen LogP contribution >= 0.6 is 0 Å². The molecule has 0 aliphatic rings. The number of aromatic amines is 1. The van der Waals surface area contributed by atoms with Crippen LogP contribution in [0.3, 0.4) is 0 Å². The van der Waals surface area contributed by atoms with E-state index < -0.39 is 5.97 Å². The van der Waals surface area contributed by atoms with Gasteiger partial charge in [0, 0.05) is 34.1 Å². The lowest BCUT2D eigenvalue weighted by Crippen LogP contribution is -2.20. The maximum atomic E-state index is 12.8. The molecule has 2 aromatic heterocycles. The van der Waals surface area contributed by atoms with Crippen molar-refractivity contribution >= 4 is 39.4 Å². The number of nitrogens with zero attached hydrogens (tertiary/aromatic N) is 1. The van der Waals surface area contributed by atoms with E-state index in [-0.39, 0.29) is 24.2 Å². The van der Waals surface area contributed by atoms with Gasteiger partial charge >= 0.3 is 5.97 Å². The van der Waals surface area contributed by atoms with Crippen molar-refractivity contribution < 1.29 is 18.7 Å². The topological polar surface area (TPSA) is 108 Å². The van der Waals surface area contributed by atoms with E-state index in [2.05, 4.69) is 23.3 Å². The summed E-state index contributed by atoms with van der Waals surface area (Å²) in [4.78, 5) is 28.0. The molecule has 0 aliphatic carbocycles. The van der Waals surface area contributed by atoms with Crippen LogP contribution in [0.1, 0.15) is 68.1 Å². The summed E-state index contributed by atoms with van der Waals surface area (Å²) in [6, 6.07) is 14.9. The number of carbonyl (C=O) groups is 2. The van der Waals surface area contributed by atoms with Crippen molar-refractivity contribution in [3.8, 4) is 6.07 Å².